The molecule has 0 aliphatic heterocycles. The standard InChI is InChI=1S/C8H8N4.C2H6/c1-5-6(2)12-8-7(11-5)3-9-4-10-8;1-2/h3-4H,1-2H3;1-2H3. The topological polar surface area (TPSA) is 51.6 Å². The van der Waals surface area contributed by atoms with E-state index in [9.17, 15) is 0 Å². The molecule has 0 bridgehead atoms. The fourth-order valence-corrected chi connectivity index (χ4v) is 0.982. The third kappa shape index (κ3) is 2.02. The second kappa shape index (κ2) is 4.60. The summed E-state index contributed by atoms with van der Waals surface area (Å²) in [6.07, 6.45) is 3.15. The summed E-state index contributed by atoms with van der Waals surface area (Å²) >= 11 is 0. The van der Waals surface area contributed by atoms with Gasteiger partial charge in [0.15, 0.2) is 5.65 Å². The van der Waals surface area contributed by atoms with Crippen LogP contribution in [0.3, 0.4) is 0 Å². The van der Waals surface area contributed by atoms with E-state index < -0.39 is 0 Å². The monoisotopic (exact) mass is 190 g/mol. The molecule has 2 aromatic rings. The summed E-state index contributed by atoms with van der Waals surface area (Å²) in [5, 5.41) is 0. The van der Waals surface area contributed by atoms with Gasteiger partial charge in [-0.1, -0.05) is 13.8 Å². The molecule has 0 N–H and O–H groups in total. The quantitative estimate of drug-likeness (QED) is 0.638. The van der Waals surface area contributed by atoms with E-state index in [2.05, 4.69) is 19.9 Å². The summed E-state index contributed by atoms with van der Waals surface area (Å²) in [6, 6.07) is 0. The number of fused-ring (bicyclic) bond motifs is 1. The van der Waals surface area contributed by atoms with Gasteiger partial charge in [-0.05, 0) is 13.8 Å². The van der Waals surface area contributed by atoms with Crippen LogP contribution in [0.4, 0.5) is 0 Å². The van der Waals surface area contributed by atoms with Gasteiger partial charge in [-0.3, -0.25) is 0 Å². The molecular formula is C10H14N4. The number of aromatic nitrogens is 4. The summed E-state index contributed by atoms with van der Waals surface area (Å²) in [5.74, 6) is 0. The fraction of sp³-hybridized carbons (Fsp3) is 0.400. The molecule has 2 heterocycles. The lowest BCUT2D eigenvalue weighted by Crippen LogP contribution is -1.95. The van der Waals surface area contributed by atoms with Crippen LogP contribution in [0.25, 0.3) is 11.2 Å². The van der Waals surface area contributed by atoms with Gasteiger partial charge in [0.1, 0.15) is 11.8 Å². The van der Waals surface area contributed by atoms with Crippen LogP contribution in [0.15, 0.2) is 12.5 Å². The van der Waals surface area contributed by atoms with E-state index in [1.165, 1.54) is 6.33 Å². The van der Waals surface area contributed by atoms with Crippen molar-refractivity contribution in [2.75, 3.05) is 0 Å². The molecule has 14 heavy (non-hydrogen) atoms. The Bertz CT molecular complexity index is 385. The third-order valence-electron chi connectivity index (χ3n) is 1.76. The van der Waals surface area contributed by atoms with Crippen LogP contribution in [-0.4, -0.2) is 19.9 Å². The second-order valence-corrected chi connectivity index (χ2v) is 2.63. The normalized spacial score (nSPS) is 9.43. The Morgan fingerprint density at radius 2 is 1.64 bits per heavy atom. The predicted octanol–water partition coefficient (Wildman–Crippen LogP) is 2.06. The molecule has 0 radical (unpaired) electrons. The molecule has 0 aliphatic rings. The minimum Gasteiger partial charge on any atom is -0.246 e. The van der Waals surface area contributed by atoms with Gasteiger partial charge in [0.25, 0.3) is 0 Å². The fourth-order valence-electron chi connectivity index (χ4n) is 0.982. The van der Waals surface area contributed by atoms with E-state index in [4.69, 9.17) is 0 Å². The van der Waals surface area contributed by atoms with Crippen LogP contribution in [0.1, 0.15) is 25.2 Å². The van der Waals surface area contributed by atoms with E-state index >= 15 is 0 Å². The van der Waals surface area contributed by atoms with E-state index in [1.54, 1.807) is 6.20 Å². The highest BCUT2D eigenvalue weighted by Gasteiger charge is 2.00. The molecule has 0 aliphatic carbocycles. The Morgan fingerprint density at radius 1 is 1.00 bits per heavy atom. The van der Waals surface area contributed by atoms with Crippen molar-refractivity contribution in [2.45, 2.75) is 27.7 Å². The highest BCUT2D eigenvalue weighted by Crippen LogP contribution is 2.06. The number of nitrogens with zero attached hydrogens (tertiary/aromatic N) is 4. The smallest absolute Gasteiger partial charge is 0.181 e. The lowest BCUT2D eigenvalue weighted by molar-refractivity contribution is 1.06. The van der Waals surface area contributed by atoms with Gasteiger partial charge in [0.05, 0.1) is 17.6 Å². The Labute approximate surface area is 83.5 Å². The second-order valence-electron chi connectivity index (χ2n) is 2.63. The summed E-state index contributed by atoms with van der Waals surface area (Å²) in [7, 11) is 0. The zero-order valence-corrected chi connectivity index (χ0v) is 8.94. The average molecular weight is 190 g/mol. The molecule has 4 nitrogen and oxygen atoms in total. The predicted molar refractivity (Wildman–Crippen MR) is 56.0 cm³/mol. The van der Waals surface area contributed by atoms with Gasteiger partial charge in [0, 0.05) is 0 Å². The first-order valence-electron chi connectivity index (χ1n) is 4.68. The Morgan fingerprint density at radius 3 is 2.36 bits per heavy atom. The first kappa shape index (κ1) is 10.5. The summed E-state index contributed by atoms with van der Waals surface area (Å²) in [6.45, 7) is 7.85. The highest BCUT2D eigenvalue weighted by molar-refractivity contribution is 5.67. The lowest BCUT2D eigenvalue weighted by atomic mass is 10.3. The average Bonchev–Trinajstić information content (AvgIpc) is 2.23. The molecule has 0 atom stereocenters. The van der Waals surface area contributed by atoms with E-state index in [0.29, 0.717) is 5.65 Å². The molecule has 0 amide bonds. The van der Waals surface area contributed by atoms with Crippen LogP contribution in [0.5, 0.6) is 0 Å². The SMILES string of the molecule is CC.Cc1nc2cncnc2nc1C. The van der Waals surface area contributed by atoms with Gasteiger partial charge in [0.2, 0.25) is 0 Å². The van der Waals surface area contributed by atoms with E-state index in [1.807, 2.05) is 27.7 Å². The zero-order valence-electron chi connectivity index (χ0n) is 8.94. The summed E-state index contributed by atoms with van der Waals surface area (Å²) in [4.78, 5) is 16.4. The maximum absolute atomic E-state index is 4.29. The summed E-state index contributed by atoms with van der Waals surface area (Å²) < 4.78 is 0. The van der Waals surface area contributed by atoms with Crippen molar-refractivity contribution < 1.29 is 0 Å². The maximum atomic E-state index is 4.29. The molecule has 2 rings (SSSR count). The van der Waals surface area contributed by atoms with Crippen molar-refractivity contribution in [3.05, 3.63) is 23.9 Å². The van der Waals surface area contributed by atoms with Gasteiger partial charge in [-0.25, -0.2) is 19.9 Å². The van der Waals surface area contributed by atoms with Crippen molar-refractivity contribution in [1.29, 1.82) is 0 Å². The van der Waals surface area contributed by atoms with Gasteiger partial charge >= 0.3 is 0 Å². The van der Waals surface area contributed by atoms with Crippen LogP contribution in [0.2, 0.25) is 0 Å². The minimum atomic E-state index is 0.660. The number of hydrogen-bond donors (Lipinski definition) is 0. The summed E-state index contributed by atoms with van der Waals surface area (Å²) in [5.41, 5.74) is 3.26. The number of hydrogen-bond acceptors (Lipinski definition) is 4. The third-order valence-corrected chi connectivity index (χ3v) is 1.76. The van der Waals surface area contributed by atoms with Crippen LogP contribution in [-0.2, 0) is 0 Å². The first-order chi connectivity index (χ1) is 6.77. The van der Waals surface area contributed by atoms with Crippen LogP contribution >= 0.6 is 0 Å². The number of aryl methyl sites for hydroxylation is 2. The Hall–Kier alpha value is -1.58. The maximum Gasteiger partial charge on any atom is 0.181 e. The van der Waals surface area contributed by atoms with Crippen molar-refractivity contribution in [3.8, 4) is 0 Å². The van der Waals surface area contributed by atoms with Crippen molar-refractivity contribution in [1.82, 2.24) is 19.9 Å². The highest BCUT2D eigenvalue weighted by atomic mass is 15.0. The van der Waals surface area contributed by atoms with Crippen molar-refractivity contribution in [2.24, 2.45) is 0 Å². The van der Waals surface area contributed by atoms with Crippen molar-refractivity contribution in [3.63, 3.8) is 0 Å². The van der Waals surface area contributed by atoms with Gasteiger partial charge in [-0.15, -0.1) is 0 Å². The largest absolute Gasteiger partial charge is 0.246 e. The molecule has 2 aromatic heterocycles. The molecule has 0 aromatic carbocycles. The molecule has 74 valence electrons. The van der Waals surface area contributed by atoms with Crippen LogP contribution < -0.4 is 0 Å². The first-order valence-corrected chi connectivity index (χ1v) is 4.68. The molecule has 0 spiro atoms. The van der Waals surface area contributed by atoms with E-state index in [0.717, 1.165) is 16.9 Å². The molecule has 4 heteroatoms. The van der Waals surface area contributed by atoms with Crippen LogP contribution in [0, 0.1) is 13.8 Å². The molecule has 0 unspecified atom stereocenters. The molecule has 0 saturated heterocycles. The van der Waals surface area contributed by atoms with Crippen molar-refractivity contribution >= 4 is 11.2 Å². The van der Waals surface area contributed by atoms with Gasteiger partial charge in [-0.2, -0.15) is 0 Å². The van der Waals surface area contributed by atoms with Gasteiger partial charge < -0.3 is 0 Å². The molecule has 0 saturated carbocycles. The Balaban J connectivity index is 0.000000461. The lowest BCUT2D eigenvalue weighted by Gasteiger charge is -1.99. The number of rotatable bonds is 0. The zero-order chi connectivity index (χ0) is 10.6. The molecule has 0 fully saturated rings. The minimum absolute atomic E-state index is 0.660. The van der Waals surface area contributed by atoms with E-state index in [-0.39, 0.29) is 0 Å². The Kier molecular flexibility index (Phi) is 3.45. The molecular weight excluding hydrogens is 176 g/mol.